The lowest BCUT2D eigenvalue weighted by Gasteiger charge is -2.25. The van der Waals surface area contributed by atoms with Crippen molar-refractivity contribution in [1.29, 1.82) is 0 Å². The van der Waals surface area contributed by atoms with Gasteiger partial charge in [-0.25, -0.2) is 0 Å². The Morgan fingerprint density at radius 2 is 1.88 bits per heavy atom. The van der Waals surface area contributed by atoms with Crippen LogP contribution in [-0.2, 0) is 27.2 Å². The normalized spacial score (nSPS) is 19.8. The number of carbonyl (C=O) groups is 2. The molecule has 2 aliphatic rings. The van der Waals surface area contributed by atoms with Gasteiger partial charge in [0.2, 0.25) is 0 Å². The highest BCUT2D eigenvalue weighted by molar-refractivity contribution is 6.46. The highest BCUT2D eigenvalue weighted by Crippen LogP contribution is 2.40. The number of aryl methyl sites for hydroxylation is 2. The molecule has 32 heavy (non-hydrogen) atoms. The zero-order valence-electron chi connectivity index (χ0n) is 18.6. The molecule has 1 N–H and O–H groups in total. The van der Waals surface area contributed by atoms with Crippen molar-refractivity contribution in [2.24, 2.45) is 0 Å². The van der Waals surface area contributed by atoms with E-state index in [1.54, 1.807) is 7.11 Å². The van der Waals surface area contributed by atoms with E-state index < -0.39 is 17.7 Å². The van der Waals surface area contributed by atoms with Crippen LogP contribution in [0.1, 0.15) is 48.1 Å². The van der Waals surface area contributed by atoms with Gasteiger partial charge in [-0.3, -0.25) is 9.59 Å². The van der Waals surface area contributed by atoms with E-state index in [0.29, 0.717) is 23.5 Å². The van der Waals surface area contributed by atoms with E-state index in [1.165, 1.54) is 22.4 Å². The molecule has 2 aromatic rings. The van der Waals surface area contributed by atoms with Crippen LogP contribution in [0.3, 0.4) is 0 Å². The summed E-state index contributed by atoms with van der Waals surface area (Å²) in [6.45, 7) is 2.93. The summed E-state index contributed by atoms with van der Waals surface area (Å²) in [5, 5.41) is 11.3. The molecule has 0 bridgehead atoms. The topological polar surface area (TPSA) is 76.1 Å². The van der Waals surface area contributed by atoms with Crippen LogP contribution in [0.25, 0.3) is 5.76 Å². The number of aliphatic hydroxyl groups is 1. The van der Waals surface area contributed by atoms with Crippen molar-refractivity contribution in [3.63, 3.8) is 0 Å². The molecule has 1 amide bonds. The molecule has 1 saturated heterocycles. The molecule has 1 unspecified atom stereocenters. The molecule has 1 aliphatic heterocycles. The van der Waals surface area contributed by atoms with Crippen molar-refractivity contribution in [3.05, 3.63) is 70.3 Å². The Hall–Kier alpha value is -3.12. The standard InChI is InChI=1S/C26H29NO5/c1-3-32-21-10-6-9-19(16-21)23-22(25(29)26(30)27(23)13-14-31-2)24(28)20-12-11-17-7-4-5-8-18(17)15-20/h6,9-12,15-16,23,28H,3-5,7-8,13-14H2,1-2H3/b24-22-. The van der Waals surface area contributed by atoms with Crippen molar-refractivity contribution >= 4 is 17.4 Å². The second-order valence-corrected chi connectivity index (χ2v) is 8.18. The minimum absolute atomic E-state index is 0.107. The number of hydrogen-bond donors (Lipinski definition) is 1. The average Bonchev–Trinajstić information content (AvgIpc) is 3.07. The number of aliphatic hydroxyl groups excluding tert-OH is 1. The highest BCUT2D eigenvalue weighted by atomic mass is 16.5. The van der Waals surface area contributed by atoms with E-state index >= 15 is 0 Å². The van der Waals surface area contributed by atoms with Crippen molar-refractivity contribution in [3.8, 4) is 5.75 Å². The van der Waals surface area contributed by atoms with Gasteiger partial charge >= 0.3 is 0 Å². The van der Waals surface area contributed by atoms with Crippen molar-refractivity contribution in [2.45, 2.75) is 38.6 Å². The van der Waals surface area contributed by atoms with E-state index in [9.17, 15) is 14.7 Å². The first-order valence-electron chi connectivity index (χ1n) is 11.2. The zero-order chi connectivity index (χ0) is 22.7. The Balaban J connectivity index is 1.82. The highest BCUT2D eigenvalue weighted by Gasteiger charge is 2.46. The lowest BCUT2D eigenvalue weighted by atomic mass is 9.88. The predicted molar refractivity (Wildman–Crippen MR) is 122 cm³/mol. The summed E-state index contributed by atoms with van der Waals surface area (Å²) in [5.74, 6) is -0.795. The van der Waals surface area contributed by atoms with Gasteiger partial charge in [-0.1, -0.05) is 24.3 Å². The summed E-state index contributed by atoms with van der Waals surface area (Å²) in [7, 11) is 1.55. The molecule has 4 rings (SSSR count). The number of carbonyl (C=O) groups excluding carboxylic acids is 2. The molecule has 6 nitrogen and oxygen atoms in total. The quantitative estimate of drug-likeness (QED) is 0.404. The molecule has 1 fully saturated rings. The number of likely N-dealkylation sites (tertiary alicyclic amines) is 1. The molecule has 2 aromatic carbocycles. The largest absolute Gasteiger partial charge is 0.507 e. The van der Waals surface area contributed by atoms with Crippen molar-refractivity contribution in [2.75, 3.05) is 26.9 Å². The summed E-state index contributed by atoms with van der Waals surface area (Å²) in [5.41, 5.74) is 3.88. The fourth-order valence-electron chi connectivity index (χ4n) is 4.62. The molecule has 1 heterocycles. The first-order chi connectivity index (χ1) is 15.5. The summed E-state index contributed by atoms with van der Waals surface area (Å²) >= 11 is 0. The SMILES string of the molecule is CCOc1cccc(C2/C(=C(/O)c3ccc4c(c3)CCCC4)C(=O)C(=O)N2CCOC)c1. The van der Waals surface area contributed by atoms with Crippen LogP contribution in [0, 0.1) is 0 Å². The van der Waals surface area contributed by atoms with E-state index in [4.69, 9.17) is 9.47 Å². The van der Waals surface area contributed by atoms with E-state index in [-0.39, 0.29) is 24.5 Å². The molecular formula is C26H29NO5. The van der Waals surface area contributed by atoms with Gasteiger partial charge in [0.15, 0.2) is 0 Å². The number of ether oxygens (including phenoxy) is 2. The Labute approximate surface area is 188 Å². The molecule has 0 aromatic heterocycles. The molecular weight excluding hydrogens is 406 g/mol. The van der Waals surface area contributed by atoms with E-state index in [2.05, 4.69) is 0 Å². The third-order valence-electron chi connectivity index (χ3n) is 6.18. The van der Waals surface area contributed by atoms with Gasteiger partial charge in [0.1, 0.15) is 11.5 Å². The van der Waals surface area contributed by atoms with E-state index in [1.807, 2.05) is 49.4 Å². The molecule has 1 atom stereocenters. The van der Waals surface area contributed by atoms with Crippen LogP contribution in [-0.4, -0.2) is 48.6 Å². The number of ketones is 1. The van der Waals surface area contributed by atoms with Gasteiger partial charge in [-0.05, 0) is 67.5 Å². The number of amides is 1. The van der Waals surface area contributed by atoms with Gasteiger partial charge in [-0.15, -0.1) is 0 Å². The molecule has 1 aliphatic carbocycles. The summed E-state index contributed by atoms with van der Waals surface area (Å²) in [6.07, 6.45) is 4.27. The summed E-state index contributed by atoms with van der Waals surface area (Å²) in [4.78, 5) is 27.5. The second-order valence-electron chi connectivity index (χ2n) is 8.18. The van der Waals surface area contributed by atoms with Crippen molar-refractivity contribution < 1.29 is 24.2 Å². The molecule has 168 valence electrons. The number of rotatable bonds is 7. The zero-order valence-corrected chi connectivity index (χ0v) is 18.6. The molecule has 6 heteroatoms. The fraction of sp³-hybridized carbons (Fsp3) is 0.385. The Morgan fingerprint density at radius 1 is 1.09 bits per heavy atom. The van der Waals surface area contributed by atoms with E-state index in [0.717, 1.165) is 19.3 Å². The number of benzene rings is 2. The summed E-state index contributed by atoms with van der Waals surface area (Å²) < 4.78 is 10.8. The Kier molecular flexibility index (Phi) is 6.61. The number of fused-ring (bicyclic) bond motifs is 1. The predicted octanol–water partition coefficient (Wildman–Crippen LogP) is 4.03. The maximum absolute atomic E-state index is 13.1. The fourth-order valence-corrected chi connectivity index (χ4v) is 4.62. The van der Waals surface area contributed by atoms with Gasteiger partial charge in [-0.2, -0.15) is 0 Å². The first kappa shape index (κ1) is 22.1. The number of methoxy groups -OCH3 is 1. The summed E-state index contributed by atoms with van der Waals surface area (Å²) in [6, 6.07) is 12.4. The monoisotopic (exact) mass is 435 g/mol. The van der Waals surface area contributed by atoms with Gasteiger partial charge < -0.3 is 19.5 Å². The second kappa shape index (κ2) is 9.57. The third-order valence-corrected chi connectivity index (χ3v) is 6.18. The molecule has 0 spiro atoms. The maximum Gasteiger partial charge on any atom is 0.295 e. The van der Waals surface area contributed by atoms with Crippen LogP contribution < -0.4 is 4.74 Å². The maximum atomic E-state index is 13.1. The van der Waals surface area contributed by atoms with Gasteiger partial charge in [0, 0.05) is 19.2 Å². The smallest absolute Gasteiger partial charge is 0.295 e. The van der Waals surface area contributed by atoms with Crippen LogP contribution >= 0.6 is 0 Å². The van der Waals surface area contributed by atoms with Crippen LogP contribution in [0.2, 0.25) is 0 Å². The van der Waals surface area contributed by atoms with Crippen LogP contribution in [0.4, 0.5) is 0 Å². The van der Waals surface area contributed by atoms with Crippen LogP contribution in [0.15, 0.2) is 48.0 Å². The lowest BCUT2D eigenvalue weighted by molar-refractivity contribution is -0.140. The van der Waals surface area contributed by atoms with Crippen molar-refractivity contribution in [1.82, 2.24) is 4.90 Å². The first-order valence-corrected chi connectivity index (χ1v) is 11.2. The minimum atomic E-state index is -0.707. The third kappa shape index (κ3) is 4.15. The Morgan fingerprint density at radius 3 is 2.62 bits per heavy atom. The van der Waals surface area contributed by atoms with Crippen LogP contribution in [0.5, 0.6) is 5.75 Å². The molecule has 0 radical (unpaired) electrons. The number of hydrogen-bond acceptors (Lipinski definition) is 5. The minimum Gasteiger partial charge on any atom is -0.507 e. The lowest BCUT2D eigenvalue weighted by Crippen LogP contribution is -2.32. The average molecular weight is 436 g/mol. The number of nitrogens with zero attached hydrogens (tertiary/aromatic N) is 1. The van der Waals surface area contributed by atoms with Gasteiger partial charge in [0.05, 0.1) is 24.8 Å². The Bertz CT molecular complexity index is 1060. The molecule has 0 saturated carbocycles. The number of Topliss-reactive ketones (excluding diaryl/α,β-unsaturated/α-hetero) is 1. The van der Waals surface area contributed by atoms with Gasteiger partial charge in [0.25, 0.3) is 11.7 Å².